The summed E-state index contributed by atoms with van der Waals surface area (Å²) in [6, 6.07) is 0. The first-order chi connectivity index (χ1) is 10.1. The van der Waals surface area contributed by atoms with Gasteiger partial charge in [0.25, 0.3) is 6.23 Å². The van der Waals surface area contributed by atoms with E-state index in [9.17, 15) is 5.21 Å². The zero-order valence-corrected chi connectivity index (χ0v) is 14.0. The van der Waals surface area contributed by atoms with Gasteiger partial charge in [0, 0.05) is 6.92 Å². The van der Waals surface area contributed by atoms with Crippen LogP contribution in [0.1, 0.15) is 41.5 Å². The molecule has 7 nitrogen and oxygen atoms in total. The number of hydrogen-bond donors (Lipinski definition) is 0. The largest absolute Gasteiger partial charge is 0.622 e. The molecule has 126 valence electrons. The minimum absolute atomic E-state index is 0.310. The lowest BCUT2D eigenvalue weighted by Crippen LogP contribution is -2.50. The normalized spacial score (nSPS) is 46.9. The van der Waals surface area contributed by atoms with E-state index in [1.807, 2.05) is 34.6 Å². The van der Waals surface area contributed by atoms with E-state index in [0.29, 0.717) is 6.61 Å². The summed E-state index contributed by atoms with van der Waals surface area (Å²) >= 11 is 0. The molecule has 3 rings (SSSR count). The summed E-state index contributed by atoms with van der Waals surface area (Å²) in [5.74, 6) is -1.44. The lowest BCUT2D eigenvalue weighted by atomic mass is 9.91. The van der Waals surface area contributed by atoms with Crippen LogP contribution < -0.4 is 0 Å². The van der Waals surface area contributed by atoms with Crippen molar-refractivity contribution in [3.8, 4) is 0 Å². The minimum Gasteiger partial charge on any atom is -0.622 e. The van der Waals surface area contributed by atoms with Crippen LogP contribution in [0, 0.1) is 5.21 Å². The van der Waals surface area contributed by atoms with Gasteiger partial charge in [-0.05, 0) is 34.6 Å². The molecule has 0 aromatic rings. The summed E-state index contributed by atoms with van der Waals surface area (Å²) in [6.07, 6.45) is -0.571. The van der Waals surface area contributed by atoms with Crippen LogP contribution >= 0.6 is 0 Å². The molecule has 3 heterocycles. The van der Waals surface area contributed by atoms with Gasteiger partial charge in [0.05, 0.1) is 6.61 Å². The van der Waals surface area contributed by atoms with Crippen molar-refractivity contribution in [2.45, 2.75) is 83.3 Å². The van der Waals surface area contributed by atoms with Crippen LogP contribution in [-0.2, 0) is 23.7 Å². The summed E-state index contributed by atoms with van der Waals surface area (Å²) in [5.41, 5.74) is -0.770. The average Bonchev–Trinajstić information content (AvgIpc) is 2.95. The summed E-state index contributed by atoms with van der Waals surface area (Å²) in [5, 5.41) is 12.1. The van der Waals surface area contributed by atoms with E-state index in [-0.39, 0.29) is 6.10 Å². The Labute approximate surface area is 130 Å². The van der Waals surface area contributed by atoms with Gasteiger partial charge in [0.15, 0.2) is 23.9 Å². The fraction of sp³-hybridized carbons (Fsp3) is 0.933. The third-order valence-corrected chi connectivity index (χ3v) is 4.42. The summed E-state index contributed by atoms with van der Waals surface area (Å²) in [6.45, 7) is 11.4. The van der Waals surface area contributed by atoms with E-state index in [1.165, 1.54) is 6.21 Å². The highest BCUT2D eigenvalue weighted by Gasteiger charge is 2.69. The lowest BCUT2D eigenvalue weighted by Gasteiger charge is -2.32. The number of ether oxygens (including phenoxy) is 5. The highest BCUT2D eigenvalue weighted by Crippen LogP contribution is 2.49. The molecule has 0 aromatic heterocycles. The van der Waals surface area contributed by atoms with Crippen LogP contribution in [0.2, 0.25) is 0 Å². The van der Waals surface area contributed by atoms with E-state index in [2.05, 4.69) is 0 Å². The molecule has 3 aliphatic rings. The van der Waals surface area contributed by atoms with E-state index in [1.54, 1.807) is 6.92 Å². The fourth-order valence-corrected chi connectivity index (χ4v) is 3.61. The molecule has 0 saturated carbocycles. The van der Waals surface area contributed by atoms with Crippen molar-refractivity contribution >= 4 is 6.21 Å². The Kier molecular flexibility index (Phi) is 3.58. The van der Waals surface area contributed by atoms with Gasteiger partial charge in [-0.1, -0.05) is 0 Å². The molecule has 22 heavy (non-hydrogen) atoms. The SMILES string of the molecule is C/C=[N+](\[O-])[C@H]1O[C@H]([C@H]2COC(C)(C)O2)[C@]2(C)OC(C)(C)O[C@H]12. The monoisotopic (exact) mass is 315 g/mol. The smallest absolute Gasteiger partial charge is 0.297 e. The van der Waals surface area contributed by atoms with Crippen molar-refractivity contribution in [1.29, 1.82) is 0 Å². The molecule has 0 N–H and O–H groups in total. The third kappa shape index (κ3) is 2.45. The highest BCUT2D eigenvalue weighted by molar-refractivity contribution is 5.47. The maximum absolute atomic E-state index is 12.1. The number of nitrogens with zero attached hydrogens (tertiary/aromatic N) is 1. The van der Waals surface area contributed by atoms with E-state index in [4.69, 9.17) is 23.7 Å². The van der Waals surface area contributed by atoms with Gasteiger partial charge in [0.2, 0.25) is 0 Å². The molecule has 7 heteroatoms. The van der Waals surface area contributed by atoms with Crippen LogP contribution in [0.5, 0.6) is 0 Å². The molecule has 0 unspecified atom stereocenters. The number of hydrogen-bond acceptors (Lipinski definition) is 6. The summed E-state index contributed by atoms with van der Waals surface area (Å²) in [7, 11) is 0. The maximum Gasteiger partial charge on any atom is 0.297 e. The van der Waals surface area contributed by atoms with Crippen LogP contribution in [0.3, 0.4) is 0 Å². The predicted molar refractivity (Wildman–Crippen MR) is 77.4 cm³/mol. The van der Waals surface area contributed by atoms with Gasteiger partial charge in [-0.2, -0.15) is 4.74 Å². The number of rotatable bonds is 2. The molecule has 0 bridgehead atoms. The van der Waals surface area contributed by atoms with Gasteiger partial charge >= 0.3 is 0 Å². The zero-order valence-electron chi connectivity index (χ0n) is 14.0. The Bertz CT molecular complexity index is 490. The van der Waals surface area contributed by atoms with Gasteiger partial charge in [-0.3, -0.25) is 0 Å². The predicted octanol–water partition coefficient (Wildman–Crippen LogP) is 1.37. The fourth-order valence-electron chi connectivity index (χ4n) is 3.61. The Balaban J connectivity index is 1.91. The second kappa shape index (κ2) is 4.88. The molecule has 3 saturated heterocycles. The molecule has 0 spiro atoms. The van der Waals surface area contributed by atoms with Crippen molar-refractivity contribution in [3.05, 3.63) is 5.21 Å². The Hall–Kier alpha value is -0.730. The first kappa shape index (κ1) is 16.1. The number of fused-ring (bicyclic) bond motifs is 1. The standard InChI is InChI=1S/C15H25NO6/c1-7-16(17)12-11-15(6,22-14(4,5)21-11)10(19-12)9-8-18-13(2,3)20-9/h7,9-12H,8H2,1-6H3/b16-7-/t9-,10-,11-,12+,15+/m1/s1. The van der Waals surface area contributed by atoms with Crippen molar-refractivity contribution < 1.29 is 28.4 Å². The topological polar surface area (TPSA) is 72.2 Å². The van der Waals surface area contributed by atoms with Gasteiger partial charge in [0.1, 0.15) is 17.8 Å². The van der Waals surface area contributed by atoms with Gasteiger partial charge in [-0.25, -0.2) is 0 Å². The molecular formula is C15H25NO6. The van der Waals surface area contributed by atoms with Crippen LogP contribution in [0.15, 0.2) is 0 Å². The van der Waals surface area contributed by atoms with Crippen molar-refractivity contribution in [3.63, 3.8) is 0 Å². The summed E-state index contributed by atoms with van der Waals surface area (Å²) in [4.78, 5) is 0. The Morgan fingerprint density at radius 2 is 1.73 bits per heavy atom. The molecule has 0 amide bonds. The number of hydroxylamine groups is 1. The minimum atomic E-state index is -0.775. The zero-order chi connectivity index (χ0) is 16.3. The quantitative estimate of drug-likeness (QED) is 0.332. The van der Waals surface area contributed by atoms with Crippen LogP contribution in [0.4, 0.5) is 0 Å². The second-order valence-electron chi connectivity index (χ2n) is 7.16. The third-order valence-electron chi connectivity index (χ3n) is 4.42. The highest BCUT2D eigenvalue weighted by atomic mass is 16.8. The van der Waals surface area contributed by atoms with Crippen molar-refractivity contribution in [2.75, 3.05) is 6.61 Å². The van der Waals surface area contributed by atoms with Crippen LogP contribution in [-0.4, -0.2) is 59.3 Å². The van der Waals surface area contributed by atoms with E-state index < -0.39 is 35.6 Å². The molecule has 0 aromatic carbocycles. The molecular weight excluding hydrogens is 290 g/mol. The first-order valence-electron chi connectivity index (χ1n) is 7.68. The molecule has 3 aliphatic heterocycles. The van der Waals surface area contributed by atoms with Crippen molar-refractivity contribution in [2.24, 2.45) is 0 Å². The average molecular weight is 315 g/mol. The van der Waals surface area contributed by atoms with E-state index in [0.717, 1.165) is 4.74 Å². The van der Waals surface area contributed by atoms with Crippen LogP contribution in [0.25, 0.3) is 0 Å². The van der Waals surface area contributed by atoms with E-state index >= 15 is 0 Å². The molecule has 0 aliphatic carbocycles. The summed E-state index contributed by atoms with van der Waals surface area (Å²) < 4.78 is 30.4. The maximum atomic E-state index is 12.1. The van der Waals surface area contributed by atoms with Crippen molar-refractivity contribution in [1.82, 2.24) is 0 Å². The lowest BCUT2D eigenvalue weighted by molar-refractivity contribution is -0.562. The van der Waals surface area contributed by atoms with Gasteiger partial charge < -0.3 is 28.9 Å². The Morgan fingerprint density at radius 3 is 2.27 bits per heavy atom. The second-order valence-corrected chi connectivity index (χ2v) is 7.16. The first-order valence-corrected chi connectivity index (χ1v) is 7.68. The molecule has 3 fully saturated rings. The Morgan fingerprint density at radius 1 is 1.05 bits per heavy atom. The molecule has 5 atom stereocenters. The molecule has 0 radical (unpaired) electrons. The van der Waals surface area contributed by atoms with Gasteiger partial charge in [-0.15, -0.1) is 0 Å².